The van der Waals surface area contributed by atoms with Crippen molar-refractivity contribution >= 4 is 39.0 Å². The number of hydrogen-bond donors (Lipinski definition) is 2. The summed E-state index contributed by atoms with van der Waals surface area (Å²) < 4.78 is 5.81. The van der Waals surface area contributed by atoms with Crippen molar-refractivity contribution in [1.82, 2.24) is 5.32 Å². The highest BCUT2D eigenvalue weighted by Crippen LogP contribution is 2.23. The molecular weight excluding hydrogens is 328 g/mol. The number of hydrogen-bond acceptors (Lipinski definition) is 3. The summed E-state index contributed by atoms with van der Waals surface area (Å²) >= 11 is 8.31. The van der Waals surface area contributed by atoms with Crippen LogP contribution in [0, 0.1) is 5.41 Å². The minimum absolute atomic E-state index is 0.199. The van der Waals surface area contributed by atoms with E-state index < -0.39 is 5.41 Å². The Hall–Kier alpha value is -1.14. The second kappa shape index (κ2) is 6.34. The zero-order valence-corrected chi connectivity index (χ0v) is 13.5. The van der Waals surface area contributed by atoms with Crippen molar-refractivity contribution in [2.24, 2.45) is 11.1 Å². The maximum Gasteiger partial charge on any atom is 0.252 e. The Bertz CT molecular complexity index is 503. The highest BCUT2D eigenvalue weighted by molar-refractivity contribution is 9.10. The molecule has 1 aromatic rings. The van der Waals surface area contributed by atoms with Gasteiger partial charge in [-0.25, -0.2) is 0 Å². The van der Waals surface area contributed by atoms with Crippen LogP contribution in [0.25, 0.3) is 0 Å². The van der Waals surface area contributed by atoms with Gasteiger partial charge in [-0.15, -0.1) is 0 Å². The first-order valence-corrected chi connectivity index (χ1v) is 6.89. The van der Waals surface area contributed by atoms with E-state index in [1.54, 1.807) is 25.3 Å². The van der Waals surface area contributed by atoms with E-state index in [9.17, 15) is 4.79 Å². The molecule has 0 aliphatic carbocycles. The Morgan fingerprint density at radius 1 is 1.53 bits per heavy atom. The van der Waals surface area contributed by atoms with Gasteiger partial charge in [-0.05, 0) is 34.1 Å². The Labute approximate surface area is 126 Å². The molecule has 0 aromatic heterocycles. The second-order valence-corrected chi connectivity index (χ2v) is 6.07. The molecule has 0 aliphatic heterocycles. The number of rotatable bonds is 5. The summed E-state index contributed by atoms with van der Waals surface area (Å²) in [5.74, 6) is 0.428. The average molecular weight is 345 g/mol. The van der Waals surface area contributed by atoms with E-state index in [0.29, 0.717) is 27.3 Å². The number of carbonyl (C=O) groups is 1. The summed E-state index contributed by atoms with van der Waals surface area (Å²) in [5.41, 5.74) is 5.71. The van der Waals surface area contributed by atoms with Crippen molar-refractivity contribution in [2.45, 2.75) is 13.8 Å². The van der Waals surface area contributed by atoms with Gasteiger partial charge in [-0.2, -0.15) is 0 Å². The first-order valence-electron chi connectivity index (χ1n) is 5.69. The van der Waals surface area contributed by atoms with Crippen molar-refractivity contribution < 1.29 is 9.53 Å². The third-order valence-corrected chi connectivity index (χ3v) is 4.02. The fourth-order valence-electron chi connectivity index (χ4n) is 1.29. The average Bonchev–Trinajstić information content (AvgIpc) is 2.36. The van der Waals surface area contributed by atoms with Crippen LogP contribution in [0.1, 0.15) is 24.2 Å². The zero-order chi connectivity index (χ0) is 14.6. The zero-order valence-electron chi connectivity index (χ0n) is 11.1. The van der Waals surface area contributed by atoms with Crippen molar-refractivity contribution in [2.75, 3.05) is 13.7 Å². The summed E-state index contributed by atoms with van der Waals surface area (Å²) in [5, 5.41) is 2.82. The SMILES string of the molecule is COc1ccc(Br)c(C(=O)NCC(C)(C)C(N)=S)c1. The number of amides is 1. The molecule has 1 amide bonds. The van der Waals surface area contributed by atoms with Crippen molar-refractivity contribution in [1.29, 1.82) is 0 Å². The first-order chi connectivity index (χ1) is 8.77. The van der Waals surface area contributed by atoms with Gasteiger partial charge in [0.1, 0.15) is 5.75 Å². The Morgan fingerprint density at radius 2 is 2.16 bits per heavy atom. The minimum atomic E-state index is -0.420. The summed E-state index contributed by atoms with van der Waals surface area (Å²) in [4.78, 5) is 12.5. The van der Waals surface area contributed by atoms with Crippen LogP contribution in [0.3, 0.4) is 0 Å². The van der Waals surface area contributed by atoms with E-state index in [1.165, 1.54) is 0 Å². The smallest absolute Gasteiger partial charge is 0.252 e. The van der Waals surface area contributed by atoms with Crippen LogP contribution < -0.4 is 15.8 Å². The summed E-state index contributed by atoms with van der Waals surface area (Å²) in [6.07, 6.45) is 0. The van der Waals surface area contributed by atoms with Gasteiger partial charge >= 0.3 is 0 Å². The lowest BCUT2D eigenvalue weighted by atomic mass is 9.93. The second-order valence-electron chi connectivity index (χ2n) is 4.78. The van der Waals surface area contributed by atoms with Gasteiger partial charge < -0.3 is 15.8 Å². The molecule has 0 unspecified atom stereocenters. The number of methoxy groups -OCH3 is 1. The van der Waals surface area contributed by atoms with E-state index in [4.69, 9.17) is 22.7 Å². The Kier molecular flexibility index (Phi) is 5.31. The molecule has 0 saturated heterocycles. The van der Waals surface area contributed by atoms with Gasteiger partial charge in [-0.1, -0.05) is 26.1 Å². The van der Waals surface area contributed by atoms with E-state index in [0.717, 1.165) is 0 Å². The Balaban J connectivity index is 2.82. The first kappa shape index (κ1) is 15.9. The van der Waals surface area contributed by atoms with Crippen LogP contribution >= 0.6 is 28.1 Å². The molecule has 0 saturated carbocycles. The predicted octanol–water partition coefficient (Wildman–Crippen LogP) is 2.50. The van der Waals surface area contributed by atoms with E-state index in [2.05, 4.69) is 21.2 Å². The normalized spacial score (nSPS) is 10.9. The lowest BCUT2D eigenvalue weighted by Gasteiger charge is -2.23. The molecule has 1 aromatic carbocycles. The summed E-state index contributed by atoms with van der Waals surface area (Å²) in [7, 11) is 1.56. The molecular formula is C13H17BrN2O2S. The minimum Gasteiger partial charge on any atom is -0.497 e. The molecule has 6 heteroatoms. The molecule has 0 fully saturated rings. The number of halogens is 1. The molecule has 3 N–H and O–H groups in total. The Morgan fingerprint density at radius 3 is 2.68 bits per heavy atom. The quantitative estimate of drug-likeness (QED) is 0.805. The van der Waals surface area contributed by atoms with Crippen LogP contribution in [0.4, 0.5) is 0 Å². The van der Waals surface area contributed by atoms with Crippen LogP contribution in [-0.2, 0) is 0 Å². The van der Waals surface area contributed by atoms with E-state index in [-0.39, 0.29) is 5.91 Å². The standard InChI is InChI=1S/C13H17BrN2O2S/c1-13(2,12(15)19)7-16-11(17)9-6-8(18-3)4-5-10(9)14/h4-6H,7H2,1-3H3,(H2,15,19)(H,16,17). The van der Waals surface area contributed by atoms with E-state index >= 15 is 0 Å². The number of nitrogens with two attached hydrogens (primary N) is 1. The van der Waals surface area contributed by atoms with Gasteiger partial charge in [0.25, 0.3) is 5.91 Å². The maximum absolute atomic E-state index is 12.1. The lowest BCUT2D eigenvalue weighted by molar-refractivity contribution is 0.0944. The topological polar surface area (TPSA) is 64.3 Å². The van der Waals surface area contributed by atoms with Crippen molar-refractivity contribution in [3.05, 3.63) is 28.2 Å². The fourth-order valence-corrected chi connectivity index (χ4v) is 1.79. The summed E-state index contributed by atoms with van der Waals surface area (Å²) in [6.45, 7) is 4.15. The van der Waals surface area contributed by atoms with Crippen LogP contribution in [0.5, 0.6) is 5.75 Å². The predicted molar refractivity (Wildman–Crippen MR) is 83.6 cm³/mol. The van der Waals surface area contributed by atoms with Crippen molar-refractivity contribution in [3.8, 4) is 5.75 Å². The molecule has 1 rings (SSSR count). The van der Waals surface area contributed by atoms with Crippen LogP contribution in [0.2, 0.25) is 0 Å². The van der Waals surface area contributed by atoms with E-state index in [1.807, 2.05) is 13.8 Å². The van der Waals surface area contributed by atoms with Crippen LogP contribution in [-0.4, -0.2) is 24.6 Å². The molecule has 0 radical (unpaired) electrons. The van der Waals surface area contributed by atoms with Crippen LogP contribution in [0.15, 0.2) is 22.7 Å². The van der Waals surface area contributed by atoms with Gasteiger partial charge in [0.2, 0.25) is 0 Å². The van der Waals surface area contributed by atoms with Gasteiger partial charge in [0.05, 0.1) is 17.7 Å². The van der Waals surface area contributed by atoms with Gasteiger partial charge in [-0.3, -0.25) is 4.79 Å². The maximum atomic E-state index is 12.1. The third-order valence-electron chi connectivity index (χ3n) is 2.78. The molecule has 0 heterocycles. The monoisotopic (exact) mass is 344 g/mol. The molecule has 0 spiro atoms. The van der Waals surface area contributed by atoms with Crippen molar-refractivity contribution in [3.63, 3.8) is 0 Å². The lowest BCUT2D eigenvalue weighted by Crippen LogP contribution is -2.41. The third kappa shape index (κ3) is 4.18. The number of carbonyl (C=O) groups excluding carboxylic acids is 1. The number of ether oxygens (including phenoxy) is 1. The molecule has 0 bridgehead atoms. The molecule has 0 aliphatic rings. The highest BCUT2D eigenvalue weighted by atomic mass is 79.9. The number of nitrogens with one attached hydrogen (secondary N) is 1. The molecule has 104 valence electrons. The molecule has 4 nitrogen and oxygen atoms in total. The molecule has 0 atom stereocenters. The molecule has 19 heavy (non-hydrogen) atoms. The van der Waals surface area contributed by atoms with Gasteiger partial charge in [0.15, 0.2) is 0 Å². The number of thiocarbonyl (C=S) groups is 1. The largest absolute Gasteiger partial charge is 0.497 e. The summed E-state index contributed by atoms with van der Waals surface area (Å²) in [6, 6.07) is 5.22. The number of benzene rings is 1. The highest BCUT2D eigenvalue weighted by Gasteiger charge is 2.23. The van der Waals surface area contributed by atoms with Gasteiger partial charge in [0, 0.05) is 16.4 Å². The fraction of sp³-hybridized carbons (Fsp3) is 0.385.